The molecule has 12 aromatic heterocycles. The van der Waals surface area contributed by atoms with E-state index in [1.807, 2.05) is 104 Å². The van der Waals surface area contributed by atoms with Crippen LogP contribution in [-0.2, 0) is 0 Å². The number of H-pyrrole nitrogens is 1. The molecule has 0 aliphatic heterocycles. The summed E-state index contributed by atoms with van der Waals surface area (Å²) >= 11 is 10.5. The first kappa shape index (κ1) is 48.9. The molecule has 0 radical (unpaired) electrons. The molecule has 0 saturated heterocycles. The Kier molecular flexibility index (Phi) is 11.6. The van der Waals surface area contributed by atoms with Gasteiger partial charge in [-0.1, -0.05) is 84.9 Å². The molecule has 12 heterocycles. The Bertz CT molecular complexity index is 5460. The summed E-state index contributed by atoms with van der Waals surface area (Å²) in [5.74, 6) is 2.34. The summed E-state index contributed by atoms with van der Waals surface area (Å²) in [6.07, 6.45) is 7.26. The van der Waals surface area contributed by atoms with Gasteiger partial charge in [-0.15, -0.1) is 0 Å². The van der Waals surface area contributed by atoms with Crippen molar-refractivity contribution in [2.75, 3.05) is 0 Å². The fourth-order valence-corrected chi connectivity index (χ4v) is 13.0. The van der Waals surface area contributed by atoms with E-state index in [9.17, 15) is 0 Å². The molecule has 18 rings (SSSR count). The lowest BCUT2D eigenvalue weighted by molar-refractivity contribution is 1.03. The number of nitrogens with one attached hydrogen (secondary N) is 1. The SMILES string of the molecule is Brc1nc(-n2c3ccccc3c3cccnc32)c2ccc3ccc(-n4c5ccccc5c5cccnc54)nc3c2n1.Brc1nc(Br)c2ccc3ccc(-n4c5ccccc5c5cccnc54)nc3c2n1.c1ccc2c(c1)[nH]c1ncccc12. The molecule has 18 aromatic rings. The lowest BCUT2D eigenvalue weighted by Gasteiger charge is -2.12. The smallest absolute Gasteiger partial charge is 0.199 e. The minimum absolute atomic E-state index is 0.486. The van der Waals surface area contributed by atoms with Crippen LogP contribution in [-0.4, -0.2) is 68.5 Å². The number of hydrogen-bond acceptors (Lipinski definition) is 10. The van der Waals surface area contributed by atoms with Crippen molar-refractivity contribution in [2.45, 2.75) is 0 Å². The Balaban J connectivity index is 0.000000116. The molecule has 392 valence electrons. The lowest BCUT2D eigenvalue weighted by atomic mass is 10.1. The molecule has 0 amide bonds. The van der Waals surface area contributed by atoms with Crippen molar-refractivity contribution in [1.29, 1.82) is 0 Å². The normalized spacial score (nSPS) is 11.8. The van der Waals surface area contributed by atoms with E-state index in [0.29, 0.717) is 9.47 Å². The van der Waals surface area contributed by atoms with Gasteiger partial charge in [0, 0.05) is 94.9 Å². The second-order valence-corrected chi connectivity index (χ2v) is 21.9. The zero-order valence-electron chi connectivity index (χ0n) is 43.2. The third-order valence-electron chi connectivity index (χ3n) is 15.2. The molecule has 17 heteroatoms. The van der Waals surface area contributed by atoms with Gasteiger partial charge in [0.15, 0.2) is 15.3 Å². The van der Waals surface area contributed by atoms with Gasteiger partial charge >= 0.3 is 0 Å². The van der Waals surface area contributed by atoms with Crippen LogP contribution in [0.15, 0.2) is 233 Å². The third kappa shape index (κ3) is 8.02. The molecule has 83 heavy (non-hydrogen) atoms. The van der Waals surface area contributed by atoms with Crippen LogP contribution in [0.5, 0.6) is 0 Å². The molecule has 0 saturated carbocycles. The van der Waals surface area contributed by atoms with E-state index < -0.39 is 0 Å². The highest BCUT2D eigenvalue weighted by atomic mass is 79.9. The van der Waals surface area contributed by atoms with Crippen LogP contribution in [0.4, 0.5) is 0 Å². The predicted molar refractivity (Wildman–Crippen MR) is 343 cm³/mol. The van der Waals surface area contributed by atoms with E-state index in [-0.39, 0.29) is 0 Å². The van der Waals surface area contributed by atoms with Crippen molar-refractivity contribution in [3.8, 4) is 17.5 Å². The van der Waals surface area contributed by atoms with Crippen molar-refractivity contribution in [1.82, 2.24) is 68.5 Å². The zero-order chi connectivity index (χ0) is 55.3. The van der Waals surface area contributed by atoms with Crippen LogP contribution in [0.25, 0.3) is 149 Å². The number of para-hydroxylation sites is 4. The van der Waals surface area contributed by atoms with Crippen LogP contribution >= 0.6 is 47.8 Å². The Morgan fingerprint density at radius 2 is 0.723 bits per heavy atom. The van der Waals surface area contributed by atoms with Crippen LogP contribution in [0, 0.1) is 0 Å². The first-order valence-electron chi connectivity index (χ1n) is 26.5. The van der Waals surface area contributed by atoms with Gasteiger partial charge in [-0.05, 0) is 157 Å². The second kappa shape index (κ2) is 19.7. The van der Waals surface area contributed by atoms with Gasteiger partial charge in [-0.2, -0.15) is 0 Å². The first-order valence-corrected chi connectivity index (χ1v) is 28.8. The van der Waals surface area contributed by atoms with E-state index in [1.54, 1.807) is 6.20 Å². The first-order chi connectivity index (χ1) is 40.9. The quantitative estimate of drug-likeness (QED) is 0.102. The van der Waals surface area contributed by atoms with Gasteiger partial charge in [0.1, 0.15) is 49.9 Å². The molecule has 0 spiro atoms. The Hall–Kier alpha value is -9.94. The molecular weight excluding hydrogens is 1230 g/mol. The molecular formula is C66H37Br3N14. The minimum atomic E-state index is 0.486. The van der Waals surface area contributed by atoms with Gasteiger partial charge < -0.3 is 4.98 Å². The summed E-state index contributed by atoms with van der Waals surface area (Å²) in [5, 5.41) is 13.0. The maximum atomic E-state index is 5.22. The molecule has 0 atom stereocenters. The molecule has 0 fully saturated rings. The zero-order valence-corrected chi connectivity index (χ0v) is 48.0. The number of benzene rings is 6. The van der Waals surface area contributed by atoms with Gasteiger partial charge in [0.05, 0.1) is 27.6 Å². The van der Waals surface area contributed by atoms with Crippen LogP contribution in [0.3, 0.4) is 0 Å². The van der Waals surface area contributed by atoms with Crippen LogP contribution in [0.1, 0.15) is 0 Å². The molecule has 0 aliphatic carbocycles. The van der Waals surface area contributed by atoms with Crippen molar-refractivity contribution < 1.29 is 0 Å². The molecule has 1 N–H and O–H groups in total. The maximum Gasteiger partial charge on any atom is 0.199 e. The molecule has 6 aromatic carbocycles. The molecule has 0 unspecified atom stereocenters. The maximum absolute atomic E-state index is 5.22. The Labute approximate surface area is 494 Å². The number of aromatic nitrogens is 14. The summed E-state index contributed by atoms with van der Waals surface area (Å²) in [6, 6.07) is 65.9. The molecule has 0 bridgehead atoms. The van der Waals surface area contributed by atoms with Gasteiger partial charge in [0.25, 0.3) is 0 Å². The Morgan fingerprint density at radius 3 is 1.29 bits per heavy atom. The van der Waals surface area contributed by atoms with Gasteiger partial charge in [0.2, 0.25) is 0 Å². The fourth-order valence-electron chi connectivity index (χ4n) is 11.6. The van der Waals surface area contributed by atoms with Crippen LogP contribution in [0.2, 0.25) is 0 Å². The third-order valence-corrected chi connectivity index (χ3v) is 16.5. The fraction of sp³-hybridized carbons (Fsp3) is 0. The van der Waals surface area contributed by atoms with E-state index in [2.05, 4.69) is 196 Å². The van der Waals surface area contributed by atoms with Crippen molar-refractivity contribution in [2.24, 2.45) is 0 Å². The number of fused-ring (bicyclic) bond motifs is 18. The van der Waals surface area contributed by atoms with Gasteiger partial charge in [-0.3, -0.25) is 13.7 Å². The topological polar surface area (TPSA) is 159 Å². The largest absolute Gasteiger partial charge is 0.339 e. The number of rotatable bonds is 3. The summed E-state index contributed by atoms with van der Waals surface area (Å²) in [4.78, 5) is 50.6. The number of halogens is 3. The lowest BCUT2D eigenvalue weighted by Crippen LogP contribution is -2.03. The van der Waals surface area contributed by atoms with Crippen molar-refractivity contribution in [3.05, 3.63) is 233 Å². The molecule has 14 nitrogen and oxygen atoms in total. The van der Waals surface area contributed by atoms with E-state index in [0.717, 1.165) is 143 Å². The summed E-state index contributed by atoms with van der Waals surface area (Å²) < 4.78 is 8.09. The minimum Gasteiger partial charge on any atom is -0.339 e. The highest BCUT2D eigenvalue weighted by Crippen LogP contribution is 2.38. The van der Waals surface area contributed by atoms with E-state index in [4.69, 9.17) is 29.9 Å². The number of aromatic amines is 1. The Morgan fingerprint density at radius 1 is 0.301 bits per heavy atom. The van der Waals surface area contributed by atoms with Crippen LogP contribution < -0.4 is 0 Å². The number of pyridine rings is 6. The highest BCUT2D eigenvalue weighted by Gasteiger charge is 2.21. The second-order valence-electron chi connectivity index (χ2n) is 19.8. The van der Waals surface area contributed by atoms with E-state index >= 15 is 0 Å². The average Bonchev–Trinajstić information content (AvgIpc) is 3.19. The molecule has 0 aliphatic rings. The van der Waals surface area contributed by atoms with Crippen molar-refractivity contribution in [3.63, 3.8) is 0 Å². The standard InChI is InChI=1S/C33H18BrN7.C22H11Br2N5.C11H8N2/c34-33-38-29-24(32(39-33)41-26-12-4-2-8-21(26)23-10-6-18-36-31(23)41)15-13-19-14-16-27(37-28(19)29)40-25-11-3-1-7-20(25)22-9-5-17-35-30(22)40;23-20-15-9-7-12-8-10-17(26-18(12)19(15)27-22(24)28-20)29-16-6-2-1-4-13(16)14-5-3-11-25-21(14)29;1-2-6-10-8(4-1)9-5-3-7-12-11(9)13-10/h1-18H;1-11H;1-7H,(H,12,13). The summed E-state index contributed by atoms with van der Waals surface area (Å²) in [7, 11) is 0. The summed E-state index contributed by atoms with van der Waals surface area (Å²) in [5.41, 5.74) is 11.1. The van der Waals surface area contributed by atoms with Gasteiger partial charge in [-0.25, -0.2) is 49.8 Å². The number of hydrogen-bond donors (Lipinski definition) is 1. The monoisotopic (exact) mass is 1260 g/mol. The average molecular weight is 1270 g/mol. The number of nitrogens with zero attached hydrogens (tertiary/aromatic N) is 13. The highest BCUT2D eigenvalue weighted by molar-refractivity contribution is 9.11. The van der Waals surface area contributed by atoms with E-state index in [1.165, 1.54) is 10.8 Å². The van der Waals surface area contributed by atoms with Crippen molar-refractivity contribution >= 4 is 179 Å². The predicted octanol–water partition coefficient (Wildman–Crippen LogP) is 16.8. The summed E-state index contributed by atoms with van der Waals surface area (Å²) in [6.45, 7) is 0.